The van der Waals surface area contributed by atoms with Gasteiger partial charge in [-0.3, -0.25) is 14.5 Å². The predicted octanol–water partition coefficient (Wildman–Crippen LogP) is 1.50. The average Bonchev–Trinajstić information content (AvgIpc) is 2.94. The van der Waals surface area contributed by atoms with Gasteiger partial charge < -0.3 is 10.2 Å². The highest BCUT2D eigenvalue weighted by Crippen LogP contribution is 2.34. The Morgan fingerprint density at radius 2 is 1.86 bits per heavy atom. The van der Waals surface area contributed by atoms with Crippen LogP contribution in [-0.4, -0.2) is 52.3 Å². The molecule has 122 valence electrons. The Hall–Kier alpha value is -1.59. The van der Waals surface area contributed by atoms with Crippen molar-refractivity contribution >= 4 is 17.8 Å². The fourth-order valence-corrected chi connectivity index (χ4v) is 4.02. The van der Waals surface area contributed by atoms with Gasteiger partial charge in [-0.05, 0) is 26.7 Å². The van der Waals surface area contributed by atoms with Crippen LogP contribution >= 0.6 is 0 Å². The zero-order valence-corrected chi connectivity index (χ0v) is 13.4. The quantitative estimate of drug-likeness (QED) is 0.803. The Labute approximate surface area is 131 Å². The van der Waals surface area contributed by atoms with Gasteiger partial charge in [0.1, 0.15) is 5.54 Å². The second kappa shape index (κ2) is 5.56. The molecule has 0 aromatic heterocycles. The second-order valence-electron chi connectivity index (χ2n) is 7.20. The molecule has 1 atom stereocenters. The van der Waals surface area contributed by atoms with Crippen LogP contribution in [-0.2, 0) is 9.59 Å². The summed E-state index contributed by atoms with van der Waals surface area (Å²) in [4.78, 5) is 40.1. The highest BCUT2D eigenvalue weighted by molar-refractivity contribution is 6.07. The number of carbonyl (C=O) groups is 3. The molecule has 0 bridgehead atoms. The third-order valence-corrected chi connectivity index (χ3v) is 5.26. The summed E-state index contributed by atoms with van der Waals surface area (Å²) in [6.07, 6.45) is 5.03. The van der Waals surface area contributed by atoms with E-state index in [2.05, 4.69) is 5.32 Å². The van der Waals surface area contributed by atoms with E-state index in [0.29, 0.717) is 19.5 Å². The highest BCUT2D eigenvalue weighted by Gasteiger charge is 2.52. The number of amides is 4. The van der Waals surface area contributed by atoms with Gasteiger partial charge in [-0.1, -0.05) is 19.3 Å². The lowest BCUT2D eigenvalue weighted by Crippen LogP contribution is -2.48. The molecule has 4 amide bonds. The molecule has 0 radical (unpaired) electrons. The van der Waals surface area contributed by atoms with Crippen molar-refractivity contribution in [3.8, 4) is 0 Å². The van der Waals surface area contributed by atoms with E-state index in [4.69, 9.17) is 0 Å². The average molecular weight is 307 g/mol. The van der Waals surface area contributed by atoms with Crippen molar-refractivity contribution in [1.29, 1.82) is 0 Å². The van der Waals surface area contributed by atoms with Crippen LogP contribution < -0.4 is 5.32 Å². The number of carbonyl (C=O) groups excluding carboxylic acids is 3. The molecule has 2 saturated heterocycles. The number of urea groups is 1. The summed E-state index contributed by atoms with van der Waals surface area (Å²) >= 11 is 0. The Bertz CT molecular complexity index is 497. The molecule has 3 fully saturated rings. The van der Waals surface area contributed by atoms with Gasteiger partial charge in [0.15, 0.2) is 0 Å². The monoisotopic (exact) mass is 307 g/mol. The summed E-state index contributed by atoms with van der Waals surface area (Å²) < 4.78 is 0. The summed E-state index contributed by atoms with van der Waals surface area (Å²) in [5.74, 6) is 0.107. The first kappa shape index (κ1) is 15.3. The third-order valence-electron chi connectivity index (χ3n) is 5.26. The fourth-order valence-electron chi connectivity index (χ4n) is 4.02. The first-order valence-electron chi connectivity index (χ1n) is 8.36. The van der Waals surface area contributed by atoms with Crippen molar-refractivity contribution in [2.75, 3.05) is 13.1 Å². The second-order valence-corrected chi connectivity index (χ2v) is 7.20. The smallest absolute Gasteiger partial charge is 0.325 e. The molecule has 0 aromatic carbocycles. The van der Waals surface area contributed by atoms with Crippen molar-refractivity contribution in [1.82, 2.24) is 15.1 Å². The minimum atomic E-state index is -0.657. The molecular weight excluding hydrogens is 282 g/mol. The SMILES string of the molecule is CC(C)N1CC(CN2C(=O)NC3(CCCCC3)C2=O)CC1=O. The Morgan fingerprint density at radius 3 is 2.45 bits per heavy atom. The number of rotatable bonds is 3. The van der Waals surface area contributed by atoms with Crippen LogP contribution in [0, 0.1) is 5.92 Å². The first-order chi connectivity index (χ1) is 10.4. The minimum absolute atomic E-state index is 0.0586. The number of likely N-dealkylation sites (tertiary alicyclic amines) is 1. The van der Waals surface area contributed by atoms with E-state index in [9.17, 15) is 14.4 Å². The zero-order chi connectivity index (χ0) is 15.9. The molecule has 3 rings (SSSR count). The van der Waals surface area contributed by atoms with Gasteiger partial charge in [0, 0.05) is 31.5 Å². The van der Waals surface area contributed by atoms with Crippen molar-refractivity contribution in [3.05, 3.63) is 0 Å². The normalized spacial score (nSPS) is 28.1. The van der Waals surface area contributed by atoms with E-state index < -0.39 is 5.54 Å². The number of nitrogens with one attached hydrogen (secondary N) is 1. The van der Waals surface area contributed by atoms with Crippen LogP contribution in [0.25, 0.3) is 0 Å². The summed E-state index contributed by atoms with van der Waals surface area (Å²) in [7, 11) is 0. The standard InChI is InChI=1S/C16H25N3O3/c1-11(2)18-9-12(8-13(18)20)10-19-14(21)16(17-15(19)22)6-4-3-5-7-16/h11-12H,3-10H2,1-2H3,(H,17,22). The van der Waals surface area contributed by atoms with Crippen LogP contribution in [0.2, 0.25) is 0 Å². The first-order valence-corrected chi connectivity index (χ1v) is 8.36. The van der Waals surface area contributed by atoms with Gasteiger partial charge in [-0.25, -0.2) is 4.79 Å². The molecule has 1 unspecified atom stereocenters. The molecule has 22 heavy (non-hydrogen) atoms. The van der Waals surface area contributed by atoms with Crippen LogP contribution in [0.15, 0.2) is 0 Å². The van der Waals surface area contributed by atoms with E-state index in [1.165, 1.54) is 4.90 Å². The Balaban J connectivity index is 1.67. The topological polar surface area (TPSA) is 69.7 Å². The Kier molecular flexibility index (Phi) is 3.87. The van der Waals surface area contributed by atoms with E-state index in [1.807, 2.05) is 18.7 Å². The molecule has 2 aliphatic heterocycles. The molecule has 3 aliphatic rings. The fraction of sp³-hybridized carbons (Fsp3) is 0.812. The summed E-state index contributed by atoms with van der Waals surface area (Å²) in [6.45, 7) is 4.98. The van der Waals surface area contributed by atoms with Gasteiger partial charge in [-0.2, -0.15) is 0 Å². The molecular formula is C16H25N3O3. The highest BCUT2D eigenvalue weighted by atomic mass is 16.2. The number of hydrogen-bond donors (Lipinski definition) is 1. The molecule has 6 heteroatoms. The van der Waals surface area contributed by atoms with E-state index in [0.717, 1.165) is 32.1 Å². The number of nitrogens with zero attached hydrogens (tertiary/aromatic N) is 2. The van der Waals surface area contributed by atoms with E-state index >= 15 is 0 Å². The molecule has 1 spiro atoms. The molecule has 6 nitrogen and oxygen atoms in total. The van der Waals surface area contributed by atoms with Crippen molar-refractivity contribution in [3.63, 3.8) is 0 Å². The largest absolute Gasteiger partial charge is 0.340 e. The van der Waals surface area contributed by atoms with Crippen LogP contribution in [0.5, 0.6) is 0 Å². The minimum Gasteiger partial charge on any atom is -0.340 e. The number of imide groups is 1. The molecule has 1 N–H and O–H groups in total. The summed E-state index contributed by atoms with van der Waals surface area (Å²) in [5, 5.41) is 2.93. The van der Waals surface area contributed by atoms with Crippen LogP contribution in [0.3, 0.4) is 0 Å². The van der Waals surface area contributed by atoms with Gasteiger partial charge in [-0.15, -0.1) is 0 Å². The summed E-state index contributed by atoms with van der Waals surface area (Å²) in [6, 6.07) is -0.104. The van der Waals surface area contributed by atoms with Crippen LogP contribution in [0.1, 0.15) is 52.4 Å². The predicted molar refractivity (Wildman–Crippen MR) is 81.0 cm³/mol. The van der Waals surface area contributed by atoms with Crippen molar-refractivity contribution in [2.45, 2.75) is 64.0 Å². The maximum atomic E-state index is 12.7. The lowest BCUT2D eigenvalue weighted by Gasteiger charge is -2.30. The molecule has 0 aromatic rings. The maximum Gasteiger partial charge on any atom is 0.325 e. The van der Waals surface area contributed by atoms with Gasteiger partial charge in [0.05, 0.1) is 0 Å². The van der Waals surface area contributed by atoms with Crippen LogP contribution in [0.4, 0.5) is 4.79 Å². The van der Waals surface area contributed by atoms with Gasteiger partial charge in [0.2, 0.25) is 5.91 Å². The lowest BCUT2D eigenvalue weighted by molar-refractivity contribution is -0.133. The molecule has 1 aliphatic carbocycles. The summed E-state index contributed by atoms with van der Waals surface area (Å²) in [5.41, 5.74) is -0.657. The zero-order valence-electron chi connectivity index (χ0n) is 13.4. The van der Waals surface area contributed by atoms with Gasteiger partial charge in [0.25, 0.3) is 5.91 Å². The molecule has 1 saturated carbocycles. The van der Waals surface area contributed by atoms with E-state index in [1.54, 1.807) is 0 Å². The molecule has 2 heterocycles. The third kappa shape index (κ3) is 2.48. The van der Waals surface area contributed by atoms with Gasteiger partial charge >= 0.3 is 6.03 Å². The number of hydrogen-bond acceptors (Lipinski definition) is 3. The van der Waals surface area contributed by atoms with E-state index in [-0.39, 0.29) is 29.8 Å². The Morgan fingerprint density at radius 1 is 1.18 bits per heavy atom. The maximum absolute atomic E-state index is 12.7. The van der Waals surface area contributed by atoms with Crippen molar-refractivity contribution in [2.24, 2.45) is 5.92 Å². The lowest BCUT2D eigenvalue weighted by atomic mass is 9.81. The van der Waals surface area contributed by atoms with Crippen molar-refractivity contribution < 1.29 is 14.4 Å².